The predicted octanol–water partition coefficient (Wildman–Crippen LogP) is 2.04. The van der Waals surface area contributed by atoms with Crippen LogP contribution in [0.5, 0.6) is 0 Å². The van der Waals surface area contributed by atoms with Crippen LogP contribution < -0.4 is 16.0 Å². The van der Waals surface area contributed by atoms with Gasteiger partial charge in [-0.1, -0.05) is 6.07 Å². The fourth-order valence-electron chi connectivity index (χ4n) is 2.22. The molecule has 0 spiro atoms. The van der Waals surface area contributed by atoms with Gasteiger partial charge in [0.2, 0.25) is 5.91 Å². The van der Waals surface area contributed by atoms with Gasteiger partial charge in [-0.3, -0.25) is 9.79 Å². The van der Waals surface area contributed by atoms with E-state index in [0.717, 1.165) is 25.0 Å². The highest BCUT2D eigenvalue weighted by atomic mass is 19.4. The molecule has 0 aliphatic heterocycles. The quantitative estimate of drug-likeness (QED) is 0.315. The molecule has 0 aromatic heterocycles. The summed E-state index contributed by atoms with van der Waals surface area (Å²) in [5.41, 5.74) is -1.11. The molecule has 1 saturated carbocycles. The van der Waals surface area contributed by atoms with Gasteiger partial charge in [0.1, 0.15) is 5.82 Å². The average Bonchev–Trinajstić information content (AvgIpc) is 3.39. The first-order chi connectivity index (χ1) is 11.8. The van der Waals surface area contributed by atoms with Gasteiger partial charge in [-0.05, 0) is 30.5 Å². The molecule has 138 valence electrons. The third kappa shape index (κ3) is 5.91. The van der Waals surface area contributed by atoms with Gasteiger partial charge in [-0.15, -0.1) is 0 Å². The highest BCUT2D eigenvalue weighted by molar-refractivity contribution is 5.81. The Morgan fingerprint density at radius 2 is 1.88 bits per heavy atom. The van der Waals surface area contributed by atoms with Gasteiger partial charge >= 0.3 is 6.18 Å². The summed E-state index contributed by atoms with van der Waals surface area (Å²) in [4.78, 5) is 15.4. The van der Waals surface area contributed by atoms with E-state index in [1.54, 1.807) is 0 Å². The Bertz CT molecular complexity index is 642. The summed E-state index contributed by atoms with van der Waals surface area (Å²) in [7, 11) is 1.48. The molecule has 3 N–H and O–H groups in total. The van der Waals surface area contributed by atoms with Gasteiger partial charge in [0, 0.05) is 32.6 Å². The summed E-state index contributed by atoms with van der Waals surface area (Å²) in [5, 5.41) is 8.40. The number of hydrogen-bond donors (Lipinski definition) is 3. The van der Waals surface area contributed by atoms with Gasteiger partial charge in [0.05, 0.1) is 5.56 Å². The maximum absolute atomic E-state index is 13.1. The summed E-state index contributed by atoms with van der Waals surface area (Å²) in [6.45, 7) is 0.608. The minimum Gasteiger partial charge on any atom is -0.355 e. The predicted molar refractivity (Wildman–Crippen MR) is 85.3 cm³/mol. The van der Waals surface area contributed by atoms with E-state index in [2.05, 4.69) is 20.9 Å². The van der Waals surface area contributed by atoms with Gasteiger partial charge in [-0.25, -0.2) is 4.39 Å². The summed E-state index contributed by atoms with van der Waals surface area (Å²) in [6.07, 6.45) is -2.80. The zero-order chi connectivity index (χ0) is 18.4. The smallest absolute Gasteiger partial charge is 0.355 e. The highest BCUT2D eigenvalue weighted by Gasteiger charge is 2.33. The zero-order valence-electron chi connectivity index (χ0n) is 13.7. The molecule has 1 amide bonds. The topological polar surface area (TPSA) is 65.5 Å². The SMILES string of the molecule is CN=C(NCCNC(=O)C1CC1)NCc1ccc(F)cc1C(F)(F)F. The number of aliphatic imine (C=N–C) groups is 1. The monoisotopic (exact) mass is 360 g/mol. The molecule has 9 heteroatoms. The van der Waals surface area contributed by atoms with Crippen molar-refractivity contribution in [2.75, 3.05) is 20.1 Å². The largest absolute Gasteiger partial charge is 0.416 e. The van der Waals surface area contributed by atoms with Crippen LogP contribution in [-0.4, -0.2) is 32.0 Å². The van der Waals surface area contributed by atoms with Crippen molar-refractivity contribution in [3.8, 4) is 0 Å². The van der Waals surface area contributed by atoms with Gasteiger partial charge < -0.3 is 16.0 Å². The van der Waals surface area contributed by atoms with Crippen molar-refractivity contribution in [3.05, 3.63) is 35.1 Å². The molecule has 1 aliphatic carbocycles. The number of carbonyl (C=O) groups excluding carboxylic acids is 1. The maximum atomic E-state index is 13.1. The van der Waals surface area contributed by atoms with Gasteiger partial charge in [0.25, 0.3) is 0 Å². The van der Waals surface area contributed by atoms with Crippen LogP contribution in [0.2, 0.25) is 0 Å². The Kier molecular flexibility index (Phi) is 6.22. The second-order valence-electron chi connectivity index (χ2n) is 5.72. The van der Waals surface area contributed by atoms with Crippen LogP contribution >= 0.6 is 0 Å². The highest BCUT2D eigenvalue weighted by Crippen LogP contribution is 2.32. The fraction of sp³-hybridized carbons (Fsp3) is 0.500. The molecular weight excluding hydrogens is 340 g/mol. The molecule has 1 aromatic carbocycles. The van der Waals surface area contributed by atoms with Crippen molar-refractivity contribution in [1.82, 2.24) is 16.0 Å². The first-order valence-electron chi connectivity index (χ1n) is 7.89. The van der Waals surface area contributed by atoms with Crippen molar-refractivity contribution in [2.45, 2.75) is 25.6 Å². The molecule has 25 heavy (non-hydrogen) atoms. The van der Waals surface area contributed by atoms with Gasteiger partial charge in [-0.2, -0.15) is 13.2 Å². The molecule has 1 aliphatic rings. The Morgan fingerprint density at radius 1 is 1.20 bits per heavy atom. The van der Waals surface area contributed by atoms with Gasteiger partial charge in [0.15, 0.2) is 5.96 Å². The lowest BCUT2D eigenvalue weighted by Crippen LogP contribution is -2.41. The number of carbonyl (C=O) groups is 1. The Labute approximate surface area is 142 Å². The second kappa shape index (κ2) is 8.17. The van der Waals surface area contributed by atoms with E-state index in [1.807, 2.05) is 0 Å². The number of nitrogens with one attached hydrogen (secondary N) is 3. The van der Waals surface area contributed by atoms with Crippen LogP contribution in [0.25, 0.3) is 0 Å². The number of rotatable bonds is 6. The lowest BCUT2D eigenvalue weighted by atomic mass is 10.1. The molecule has 2 rings (SSSR count). The Hall–Kier alpha value is -2.32. The lowest BCUT2D eigenvalue weighted by molar-refractivity contribution is -0.138. The molecule has 0 saturated heterocycles. The van der Waals surface area contributed by atoms with Crippen LogP contribution in [0.4, 0.5) is 17.6 Å². The summed E-state index contributed by atoms with van der Waals surface area (Å²) < 4.78 is 51.9. The molecule has 0 atom stereocenters. The molecule has 0 bridgehead atoms. The first-order valence-corrected chi connectivity index (χ1v) is 7.89. The van der Waals surface area contributed by atoms with E-state index in [0.29, 0.717) is 19.2 Å². The Balaban J connectivity index is 1.83. The van der Waals surface area contributed by atoms with E-state index in [4.69, 9.17) is 0 Å². The van der Waals surface area contributed by atoms with E-state index in [1.165, 1.54) is 7.05 Å². The molecule has 0 unspecified atom stereocenters. The third-order valence-corrected chi connectivity index (χ3v) is 3.71. The summed E-state index contributed by atoms with van der Waals surface area (Å²) in [5.74, 6) is -0.509. The van der Waals surface area contributed by atoms with E-state index < -0.39 is 17.6 Å². The second-order valence-corrected chi connectivity index (χ2v) is 5.72. The van der Waals surface area contributed by atoms with Crippen LogP contribution in [0.3, 0.4) is 0 Å². The maximum Gasteiger partial charge on any atom is 0.416 e. The summed E-state index contributed by atoms with van der Waals surface area (Å²) >= 11 is 0. The van der Waals surface area contributed by atoms with E-state index >= 15 is 0 Å². The molecular formula is C16H20F4N4O. The zero-order valence-corrected chi connectivity index (χ0v) is 13.7. The van der Waals surface area contributed by atoms with E-state index in [-0.39, 0.29) is 29.9 Å². The normalized spacial score (nSPS) is 15.0. The number of nitrogens with zero attached hydrogens (tertiary/aromatic N) is 1. The summed E-state index contributed by atoms with van der Waals surface area (Å²) in [6, 6.07) is 2.55. The average molecular weight is 360 g/mol. The molecule has 0 heterocycles. The third-order valence-electron chi connectivity index (χ3n) is 3.71. The van der Waals surface area contributed by atoms with E-state index in [9.17, 15) is 22.4 Å². The van der Waals surface area contributed by atoms with Crippen molar-refractivity contribution in [2.24, 2.45) is 10.9 Å². The number of hydrogen-bond acceptors (Lipinski definition) is 2. The Morgan fingerprint density at radius 3 is 2.48 bits per heavy atom. The number of amides is 1. The minimum absolute atomic E-state index is 0.0193. The van der Waals surface area contributed by atoms with Crippen molar-refractivity contribution >= 4 is 11.9 Å². The van der Waals surface area contributed by atoms with Crippen LogP contribution in [0.1, 0.15) is 24.0 Å². The van der Waals surface area contributed by atoms with Crippen molar-refractivity contribution in [3.63, 3.8) is 0 Å². The minimum atomic E-state index is -4.64. The molecule has 1 fully saturated rings. The number of benzene rings is 1. The number of alkyl halides is 3. The van der Waals surface area contributed by atoms with Crippen LogP contribution in [0.15, 0.2) is 23.2 Å². The van der Waals surface area contributed by atoms with Crippen LogP contribution in [-0.2, 0) is 17.5 Å². The lowest BCUT2D eigenvalue weighted by Gasteiger charge is -2.16. The van der Waals surface area contributed by atoms with Crippen molar-refractivity contribution < 1.29 is 22.4 Å². The van der Waals surface area contributed by atoms with Crippen LogP contribution in [0, 0.1) is 11.7 Å². The molecule has 1 aromatic rings. The first kappa shape index (κ1) is 19.0. The standard InChI is InChI=1S/C16H20F4N4O/c1-21-15(23-7-6-22-14(25)10-2-3-10)24-9-11-4-5-12(17)8-13(11)16(18,19)20/h4-5,8,10H,2-3,6-7,9H2,1H3,(H,22,25)(H2,21,23,24). The number of halogens is 4. The van der Waals surface area contributed by atoms with Crippen molar-refractivity contribution in [1.29, 1.82) is 0 Å². The number of guanidine groups is 1. The fourth-order valence-corrected chi connectivity index (χ4v) is 2.22. The molecule has 5 nitrogen and oxygen atoms in total. The molecule has 0 radical (unpaired) electrons.